The van der Waals surface area contributed by atoms with Crippen molar-refractivity contribution >= 4 is 11.6 Å². The molecule has 0 heterocycles. The van der Waals surface area contributed by atoms with Gasteiger partial charge in [-0.2, -0.15) is 0 Å². The first-order chi connectivity index (χ1) is 9.56. The van der Waals surface area contributed by atoms with Crippen LogP contribution in [0.1, 0.15) is 32.3 Å². The maximum atomic E-state index is 5.92. The maximum absolute atomic E-state index is 5.92. The molecular weight excluding hydrogens is 248 g/mol. The van der Waals surface area contributed by atoms with Crippen LogP contribution < -0.4 is 11.1 Å². The molecule has 3 N–H and O–H groups in total. The minimum absolute atomic E-state index is 0.494. The topological polar surface area (TPSA) is 53.6 Å². The van der Waals surface area contributed by atoms with Gasteiger partial charge in [-0.15, -0.1) is 0 Å². The van der Waals surface area contributed by atoms with Crippen LogP contribution in [0.2, 0.25) is 0 Å². The zero-order valence-corrected chi connectivity index (χ0v) is 12.8. The lowest BCUT2D eigenvalue weighted by Crippen LogP contribution is -2.35. The number of benzene rings is 1. The van der Waals surface area contributed by atoms with Crippen molar-refractivity contribution in [1.29, 1.82) is 0 Å². The number of nitrogens with zero attached hydrogens (tertiary/aromatic N) is 2. The van der Waals surface area contributed by atoms with E-state index in [9.17, 15) is 0 Å². The summed E-state index contributed by atoms with van der Waals surface area (Å²) in [5, 5.41) is 3.13. The summed E-state index contributed by atoms with van der Waals surface area (Å²) < 4.78 is 0. The van der Waals surface area contributed by atoms with E-state index in [0.29, 0.717) is 12.0 Å². The van der Waals surface area contributed by atoms with Gasteiger partial charge < -0.3 is 11.1 Å². The van der Waals surface area contributed by atoms with E-state index in [4.69, 9.17) is 5.73 Å². The summed E-state index contributed by atoms with van der Waals surface area (Å²) >= 11 is 0. The Morgan fingerprint density at radius 1 is 1.35 bits per heavy atom. The standard InChI is InChI=1S/C16H26N4/c1-12(2)20(15-8-9-15)11-10-18-16(17)19-14-6-4-13(3)5-7-14/h4-7,12,15H,8-11H2,1-3H3,(H3,17,18,19). The third kappa shape index (κ3) is 4.53. The van der Waals surface area contributed by atoms with Crippen LogP contribution in [0, 0.1) is 6.92 Å². The number of hydrogen-bond acceptors (Lipinski definition) is 2. The molecule has 1 aliphatic rings. The molecule has 0 unspecified atom stereocenters. The molecule has 0 aliphatic heterocycles. The van der Waals surface area contributed by atoms with E-state index < -0.39 is 0 Å². The van der Waals surface area contributed by atoms with Gasteiger partial charge in [0.2, 0.25) is 0 Å². The second kappa shape index (κ2) is 6.75. The highest BCUT2D eigenvalue weighted by atomic mass is 15.2. The van der Waals surface area contributed by atoms with Crippen LogP contribution in [-0.4, -0.2) is 36.0 Å². The van der Waals surface area contributed by atoms with Gasteiger partial charge in [-0.3, -0.25) is 9.89 Å². The van der Waals surface area contributed by atoms with Crippen molar-refractivity contribution in [1.82, 2.24) is 4.90 Å². The fourth-order valence-electron chi connectivity index (χ4n) is 2.38. The predicted octanol–water partition coefficient (Wildman–Crippen LogP) is 2.59. The zero-order chi connectivity index (χ0) is 14.5. The molecule has 1 aromatic carbocycles. The number of rotatable bonds is 6. The van der Waals surface area contributed by atoms with Crippen molar-refractivity contribution < 1.29 is 0 Å². The highest BCUT2D eigenvalue weighted by Crippen LogP contribution is 2.28. The molecule has 20 heavy (non-hydrogen) atoms. The van der Waals surface area contributed by atoms with Crippen LogP contribution in [-0.2, 0) is 0 Å². The number of anilines is 1. The van der Waals surface area contributed by atoms with Gasteiger partial charge in [0.25, 0.3) is 0 Å². The lowest BCUT2D eigenvalue weighted by atomic mass is 10.2. The Kier molecular flexibility index (Phi) is 5.01. The molecule has 1 aromatic rings. The summed E-state index contributed by atoms with van der Waals surface area (Å²) in [6, 6.07) is 9.51. The van der Waals surface area contributed by atoms with Crippen LogP contribution in [0.5, 0.6) is 0 Å². The van der Waals surface area contributed by atoms with Crippen molar-refractivity contribution in [3.05, 3.63) is 29.8 Å². The molecule has 4 nitrogen and oxygen atoms in total. The molecular formula is C16H26N4. The van der Waals surface area contributed by atoms with Gasteiger partial charge in [0, 0.05) is 24.3 Å². The smallest absolute Gasteiger partial charge is 0.193 e. The van der Waals surface area contributed by atoms with E-state index in [2.05, 4.69) is 48.1 Å². The lowest BCUT2D eigenvalue weighted by Gasteiger charge is -2.25. The first-order valence-corrected chi connectivity index (χ1v) is 7.45. The molecule has 0 saturated heterocycles. The summed E-state index contributed by atoms with van der Waals surface area (Å²) in [5.74, 6) is 0.494. The Labute approximate surface area is 122 Å². The number of guanidine groups is 1. The minimum atomic E-state index is 0.494. The number of nitrogens with two attached hydrogens (primary N) is 1. The highest BCUT2D eigenvalue weighted by Gasteiger charge is 2.29. The van der Waals surface area contributed by atoms with Gasteiger partial charge in [0.05, 0.1) is 6.54 Å². The quantitative estimate of drug-likeness (QED) is 0.619. The maximum Gasteiger partial charge on any atom is 0.193 e. The average molecular weight is 274 g/mol. The molecule has 0 bridgehead atoms. The summed E-state index contributed by atoms with van der Waals surface area (Å²) in [6.45, 7) is 8.30. The summed E-state index contributed by atoms with van der Waals surface area (Å²) in [5.41, 5.74) is 8.14. The molecule has 0 spiro atoms. The van der Waals surface area contributed by atoms with E-state index in [1.165, 1.54) is 18.4 Å². The van der Waals surface area contributed by atoms with Gasteiger partial charge in [0.1, 0.15) is 0 Å². The number of aliphatic imine (C=N–C) groups is 1. The fraction of sp³-hybridized carbons (Fsp3) is 0.562. The molecule has 2 rings (SSSR count). The molecule has 0 amide bonds. The predicted molar refractivity (Wildman–Crippen MR) is 86.2 cm³/mol. The number of aryl methyl sites for hydroxylation is 1. The third-order valence-electron chi connectivity index (χ3n) is 3.64. The fourth-order valence-corrected chi connectivity index (χ4v) is 2.38. The Hall–Kier alpha value is -1.55. The number of hydrogen-bond donors (Lipinski definition) is 2. The van der Waals surface area contributed by atoms with Gasteiger partial charge in [0.15, 0.2) is 5.96 Å². The Balaban J connectivity index is 1.79. The minimum Gasteiger partial charge on any atom is -0.370 e. The number of nitrogens with one attached hydrogen (secondary N) is 1. The van der Waals surface area contributed by atoms with E-state index in [-0.39, 0.29) is 0 Å². The molecule has 0 aromatic heterocycles. The van der Waals surface area contributed by atoms with Crippen molar-refractivity contribution in [2.24, 2.45) is 10.7 Å². The highest BCUT2D eigenvalue weighted by molar-refractivity contribution is 5.92. The van der Waals surface area contributed by atoms with E-state index in [1.807, 2.05) is 12.1 Å². The largest absolute Gasteiger partial charge is 0.370 e. The summed E-state index contributed by atoms with van der Waals surface area (Å²) in [6.07, 6.45) is 2.66. The molecule has 4 heteroatoms. The van der Waals surface area contributed by atoms with E-state index >= 15 is 0 Å². The van der Waals surface area contributed by atoms with Crippen molar-refractivity contribution in [3.63, 3.8) is 0 Å². The Bertz CT molecular complexity index is 444. The molecule has 110 valence electrons. The first kappa shape index (κ1) is 14.9. The van der Waals surface area contributed by atoms with Crippen LogP contribution in [0.25, 0.3) is 0 Å². The molecule has 1 aliphatic carbocycles. The van der Waals surface area contributed by atoms with Gasteiger partial charge in [-0.25, -0.2) is 0 Å². The van der Waals surface area contributed by atoms with E-state index in [0.717, 1.165) is 24.8 Å². The Morgan fingerprint density at radius 3 is 2.55 bits per heavy atom. The monoisotopic (exact) mass is 274 g/mol. The van der Waals surface area contributed by atoms with Gasteiger partial charge >= 0.3 is 0 Å². The molecule has 0 atom stereocenters. The van der Waals surface area contributed by atoms with Gasteiger partial charge in [-0.05, 0) is 45.7 Å². The normalized spacial score (nSPS) is 15.9. The van der Waals surface area contributed by atoms with Crippen molar-refractivity contribution in [2.45, 2.75) is 45.7 Å². The SMILES string of the molecule is Cc1ccc(NC(N)=NCCN(C(C)C)C2CC2)cc1. The van der Waals surface area contributed by atoms with Gasteiger partial charge in [-0.1, -0.05) is 17.7 Å². The summed E-state index contributed by atoms with van der Waals surface area (Å²) in [4.78, 5) is 6.93. The van der Waals surface area contributed by atoms with Crippen LogP contribution in [0.15, 0.2) is 29.3 Å². The summed E-state index contributed by atoms with van der Waals surface area (Å²) in [7, 11) is 0. The average Bonchev–Trinajstić information content (AvgIpc) is 3.21. The van der Waals surface area contributed by atoms with Crippen LogP contribution in [0.3, 0.4) is 0 Å². The lowest BCUT2D eigenvalue weighted by molar-refractivity contribution is 0.218. The second-order valence-electron chi connectivity index (χ2n) is 5.82. The third-order valence-corrected chi connectivity index (χ3v) is 3.64. The second-order valence-corrected chi connectivity index (χ2v) is 5.82. The van der Waals surface area contributed by atoms with Crippen molar-refractivity contribution in [2.75, 3.05) is 18.4 Å². The van der Waals surface area contributed by atoms with Crippen LogP contribution >= 0.6 is 0 Å². The Morgan fingerprint density at radius 2 is 2.00 bits per heavy atom. The van der Waals surface area contributed by atoms with E-state index in [1.54, 1.807) is 0 Å². The molecule has 1 fully saturated rings. The van der Waals surface area contributed by atoms with Crippen LogP contribution in [0.4, 0.5) is 5.69 Å². The van der Waals surface area contributed by atoms with Crippen molar-refractivity contribution in [3.8, 4) is 0 Å². The zero-order valence-electron chi connectivity index (χ0n) is 12.8. The molecule has 0 radical (unpaired) electrons. The molecule has 1 saturated carbocycles. The first-order valence-electron chi connectivity index (χ1n) is 7.45.